The smallest absolute Gasteiger partial charge is 0.407 e. The van der Waals surface area contributed by atoms with Crippen molar-refractivity contribution in [2.24, 2.45) is 0 Å². The van der Waals surface area contributed by atoms with Crippen molar-refractivity contribution in [3.63, 3.8) is 0 Å². The molecule has 1 amide bonds. The molecular weight excluding hydrogens is 240 g/mol. The van der Waals surface area contributed by atoms with Crippen LogP contribution in [0.1, 0.15) is 44.7 Å². The summed E-state index contributed by atoms with van der Waals surface area (Å²) in [6, 6.07) is 9.49. The van der Waals surface area contributed by atoms with E-state index in [2.05, 4.69) is 11.4 Å². The minimum atomic E-state index is -0.492. The number of benzene rings is 1. The van der Waals surface area contributed by atoms with Crippen molar-refractivity contribution in [3.05, 3.63) is 35.4 Å². The highest BCUT2D eigenvalue weighted by Crippen LogP contribution is 2.16. The first kappa shape index (κ1) is 15.0. The summed E-state index contributed by atoms with van der Waals surface area (Å²) in [6.45, 7) is 7.95. The molecular formula is C15H20N2O2. The van der Waals surface area contributed by atoms with Gasteiger partial charge in [-0.15, -0.1) is 0 Å². The predicted octanol–water partition coefficient (Wildman–Crippen LogP) is 3.19. The first-order chi connectivity index (χ1) is 8.81. The van der Waals surface area contributed by atoms with Gasteiger partial charge >= 0.3 is 6.09 Å². The third kappa shape index (κ3) is 5.43. The molecule has 1 atom stereocenters. The van der Waals surface area contributed by atoms with Crippen LogP contribution in [0.5, 0.6) is 0 Å². The standard InChI is InChI=1S/C15H20N2O2/c1-11(10-17-14(18)19-15(2,3)4)13-7-5-6-12(8-13)9-16/h5-8,11H,10H2,1-4H3,(H,17,18). The number of amides is 1. The molecule has 19 heavy (non-hydrogen) atoms. The minimum absolute atomic E-state index is 0.126. The van der Waals surface area contributed by atoms with E-state index in [1.54, 1.807) is 6.07 Å². The summed E-state index contributed by atoms with van der Waals surface area (Å²) in [5.74, 6) is 0.126. The number of hydrogen-bond donors (Lipinski definition) is 1. The summed E-state index contributed by atoms with van der Waals surface area (Å²) in [7, 11) is 0. The summed E-state index contributed by atoms with van der Waals surface area (Å²) >= 11 is 0. The Balaban J connectivity index is 2.54. The van der Waals surface area contributed by atoms with E-state index in [1.165, 1.54) is 0 Å². The third-order valence-corrected chi connectivity index (χ3v) is 2.54. The van der Waals surface area contributed by atoms with Crippen molar-refractivity contribution in [2.45, 2.75) is 39.2 Å². The van der Waals surface area contributed by atoms with Crippen molar-refractivity contribution in [2.75, 3.05) is 6.54 Å². The van der Waals surface area contributed by atoms with Crippen LogP contribution in [-0.2, 0) is 4.74 Å². The zero-order valence-corrected chi connectivity index (χ0v) is 11.9. The van der Waals surface area contributed by atoms with Crippen LogP contribution in [0.25, 0.3) is 0 Å². The molecule has 0 aliphatic rings. The van der Waals surface area contributed by atoms with Gasteiger partial charge in [-0.1, -0.05) is 19.1 Å². The average molecular weight is 260 g/mol. The number of hydrogen-bond acceptors (Lipinski definition) is 3. The molecule has 1 unspecified atom stereocenters. The maximum Gasteiger partial charge on any atom is 0.407 e. The number of carbonyl (C=O) groups excluding carboxylic acids is 1. The number of nitrogens with one attached hydrogen (secondary N) is 1. The molecule has 102 valence electrons. The van der Waals surface area contributed by atoms with Crippen LogP contribution in [0.3, 0.4) is 0 Å². The van der Waals surface area contributed by atoms with Gasteiger partial charge in [0.1, 0.15) is 5.60 Å². The van der Waals surface area contributed by atoms with Crippen molar-refractivity contribution in [1.82, 2.24) is 5.32 Å². The van der Waals surface area contributed by atoms with Crippen LogP contribution >= 0.6 is 0 Å². The normalized spacial score (nSPS) is 12.4. The molecule has 0 heterocycles. The number of rotatable bonds is 3. The summed E-state index contributed by atoms with van der Waals surface area (Å²) in [5.41, 5.74) is 1.16. The van der Waals surface area contributed by atoms with E-state index in [0.717, 1.165) is 5.56 Å². The molecule has 0 spiro atoms. The van der Waals surface area contributed by atoms with Crippen LogP contribution in [0.2, 0.25) is 0 Å². The highest BCUT2D eigenvalue weighted by Gasteiger charge is 2.16. The number of alkyl carbamates (subject to hydrolysis) is 1. The van der Waals surface area contributed by atoms with Gasteiger partial charge in [-0.05, 0) is 44.4 Å². The average Bonchev–Trinajstić information content (AvgIpc) is 2.34. The molecule has 1 rings (SSSR count). The lowest BCUT2D eigenvalue weighted by atomic mass is 9.99. The van der Waals surface area contributed by atoms with Crippen molar-refractivity contribution in [3.8, 4) is 6.07 Å². The Bertz CT molecular complexity index is 484. The highest BCUT2D eigenvalue weighted by atomic mass is 16.6. The Hall–Kier alpha value is -2.02. The number of nitriles is 1. The van der Waals surface area contributed by atoms with Crippen LogP contribution in [0.15, 0.2) is 24.3 Å². The molecule has 1 aromatic rings. The molecule has 0 saturated carbocycles. The van der Waals surface area contributed by atoms with Crippen molar-refractivity contribution in [1.29, 1.82) is 5.26 Å². The highest BCUT2D eigenvalue weighted by molar-refractivity contribution is 5.67. The minimum Gasteiger partial charge on any atom is -0.444 e. The van der Waals surface area contributed by atoms with Gasteiger partial charge in [-0.2, -0.15) is 5.26 Å². The zero-order chi connectivity index (χ0) is 14.5. The zero-order valence-electron chi connectivity index (χ0n) is 11.9. The van der Waals surface area contributed by atoms with Crippen molar-refractivity contribution < 1.29 is 9.53 Å². The molecule has 0 fully saturated rings. The van der Waals surface area contributed by atoms with E-state index in [-0.39, 0.29) is 5.92 Å². The summed E-state index contributed by atoms with van der Waals surface area (Å²) in [4.78, 5) is 11.5. The van der Waals surface area contributed by atoms with Gasteiger partial charge in [-0.3, -0.25) is 0 Å². The van der Waals surface area contributed by atoms with E-state index in [4.69, 9.17) is 10.00 Å². The molecule has 4 heteroatoms. The Morgan fingerprint density at radius 3 is 2.74 bits per heavy atom. The Morgan fingerprint density at radius 1 is 1.47 bits per heavy atom. The summed E-state index contributed by atoms with van der Waals surface area (Å²) < 4.78 is 5.17. The van der Waals surface area contributed by atoms with Gasteiger partial charge in [0.05, 0.1) is 11.6 Å². The lowest BCUT2D eigenvalue weighted by molar-refractivity contribution is 0.0525. The molecule has 0 bridgehead atoms. The fourth-order valence-corrected chi connectivity index (χ4v) is 1.58. The van der Waals surface area contributed by atoms with E-state index in [9.17, 15) is 4.79 Å². The fourth-order valence-electron chi connectivity index (χ4n) is 1.58. The Labute approximate surface area is 114 Å². The molecule has 0 aliphatic heterocycles. The van der Waals surface area contributed by atoms with Gasteiger partial charge in [0, 0.05) is 6.54 Å². The molecule has 1 aromatic carbocycles. The topological polar surface area (TPSA) is 62.1 Å². The van der Waals surface area contributed by atoms with Crippen LogP contribution in [0.4, 0.5) is 4.79 Å². The van der Waals surface area contributed by atoms with Gasteiger partial charge < -0.3 is 10.1 Å². The van der Waals surface area contributed by atoms with E-state index >= 15 is 0 Å². The number of nitrogens with zero attached hydrogens (tertiary/aromatic N) is 1. The third-order valence-electron chi connectivity index (χ3n) is 2.54. The number of carbonyl (C=O) groups is 1. The van der Waals surface area contributed by atoms with Crippen LogP contribution in [0, 0.1) is 11.3 Å². The second kappa shape index (κ2) is 6.24. The maximum absolute atomic E-state index is 11.5. The van der Waals surface area contributed by atoms with Crippen LogP contribution in [-0.4, -0.2) is 18.2 Å². The largest absolute Gasteiger partial charge is 0.444 e. The van der Waals surface area contributed by atoms with Gasteiger partial charge in [0.2, 0.25) is 0 Å². The molecule has 0 aliphatic carbocycles. The first-order valence-electron chi connectivity index (χ1n) is 6.29. The van der Waals surface area contributed by atoms with Crippen LogP contribution < -0.4 is 5.32 Å². The van der Waals surface area contributed by atoms with Gasteiger partial charge in [0.15, 0.2) is 0 Å². The van der Waals surface area contributed by atoms with E-state index in [1.807, 2.05) is 45.9 Å². The monoisotopic (exact) mass is 260 g/mol. The molecule has 0 aromatic heterocycles. The van der Waals surface area contributed by atoms with Gasteiger partial charge in [0.25, 0.3) is 0 Å². The quantitative estimate of drug-likeness (QED) is 0.907. The second-order valence-corrected chi connectivity index (χ2v) is 5.52. The van der Waals surface area contributed by atoms with E-state index in [0.29, 0.717) is 12.1 Å². The fraction of sp³-hybridized carbons (Fsp3) is 0.467. The summed E-state index contributed by atoms with van der Waals surface area (Å²) in [6.07, 6.45) is -0.421. The SMILES string of the molecule is CC(CNC(=O)OC(C)(C)C)c1cccc(C#N)c1. The maximum atomic E-state index is 11.5. The molecule has 1 N–H and O–H groups in total. The second-order valence-electron chi connectivity index (χ2n) is 5.52. The lowest BCUT2D eigenvalue weighted by Gasteiger charge is -2.21. The Kier molecular flexibility index (Phi) is 4.94. The summed E-state index contributed by atoms with van der Waals surface area (Å²) in [5, 5.41) is 11.6. The predicted molar refractivity (Wildman–Crippen MR) is 73.8 cm³/mol. The van der Waals surface area contributed by atoms with Crippen molar-refractivity contribution >= 4 is 6.09 Å². The first-order valence-corrected chi connectivity index (χ1v) is 6.29. The Morgan fingerprint density at radius 2 is 2.16 bits per heavy atom. The number of ether oxygens (including phenoxy) is 1. The molecule has 4 nitrogen and oxygen atoms in total. The van der Waals surface area contributed by atoms with Gasteiger partial charge in [-0.25, -0.2) is 4.79 Å². The molecule has 0 radical (unpaired) electrons. The lowest BCUT2D eigenvalue weighted by Crippen LogP contribution is -2.34. The van der Waals surface area contributed by atoms with E-state index < -0.39 is 11.7 Å². The molecule has 0 saturated heterocycles.